The zero-order chi connectivity index (χ0) is 18.5. The lowest BCUT2D eigenvalue weighted by molar-refractivity contribution is 0.354. The highest BCUT2D eigenvalue weighted by atomic mass is 35.5. The molecule has 2 aromatic carbocycles. The normalized spacial score (nSPS) is 10.4. The number of benzene rings is 2. The van der Waals surface area contributed by atoms with Crippen LogP contribution < -0.4 is 20.3 Å². The van der Waals surface area contributed by atoms with Gasteiger partial charge in [0.1, 0.15) is 5.02 Å². The predicted molar refractivity (Wildman–Crippen MR) is 102 cm³/mol. The number of nitrogens with one attached hydrogen (secondary N) is 1. The highest BCUT2D eigenvalue weighted by Crippen LogP contribution is 2.28. The fourth-order valence-electron chi connectivity index (χ4n) is 2.50. The Kier molecular flexibility index (Phi) is 5.43. The summed E-state index contributed by atoms with van der Waals surface area (Å²) in [6.45, 7) is 0.455. The minimum Gasteiger partial charge on any atom is -0.493 e. The van der Waals surface area contributed by atoms with Gasteiger partial charge in [0.2, 0.25) is 0 Å². The zero-order valence-corrected chi connectivity index (χ0v) is 15.2. The summed E-state index contributed by atoms with van der Waals surface area (Å²) in [4.78, 5) is 12.5. The molecule has 134 valence electrons. The molecule has 0 fully saturated rings. The molecule has 3 rings (SSSR count). The molecule has 0 amide bonds. The van der Waals surface area contributed by atoms with Crippen molar-refractivity contribution in [2.24, 2.45) is 0 Å². The maximum atomic E-state index is 12.5. The third-order valence-corrected chi connectivity index (χ3v) is 4.22. The molecule has 0 atom stereocenters. The molecule has 0 radical (unpaired) electrons. The molecular weight excluding hydrogens is 354 g/mol. The van der Waals surface area contributed by atoms with Crippen molar-refractivity contribution in [3.8, 4) is 17.2 Å². The number of nitrogens with zero attached hydrogens (tertiary/aromatic N) is 2. The van der Waals surface area contributed by atoms with Crippen LogP contribution in [-0.2, 0) is 6.54 Å². The Balaban J connectivity index is 1.81. The van der Waals surface area contributed by atoms with Crippen molar-refractivity contribution in [3.63, 3.8) is 0 Å². The molecule has 0 saturated heterocycles. The Morgan fingerprint density at radius 3 is 2.50 bits per heavy atom. The molecule has 7 heteroatoms. The van der Waals surface area contributed by atoms with E-state index >= 15 is 0 Å². The van der Waals surface area contributed by atoms with E-state index in [-0.39, 0.29) is 10.6 Å². The van der Waals surface area contributed by atoms with Crippen LogP contribution in [0.2, 0.25) is 5.02 Å². The Bertz CT molecular complexity index is 958. The molecule has 0 aliphatic carbocycles. The number of para-hydroxylation sites is 1. The van der Waals surface area contributed by atoms with Crippen LogP contribution in [0.4, 0.5) is 5.69 Å². The average molecular weight is 372 g/mol. The third-order valence-electron chi connectivity index (χ3n) is 3.85. The third kappa shape index (κ3) is 3.65. The van der Waals surface area contributed by atoms with Crippen LogP contribution in [0, 0.1) is 0 Å². The van der Waals surface area contributed by atoms with E-state index in [0.717, 1.165) is 5.56 Å². The minimum atomic E-state index is -0.379. The number of rotatable bonds is 6. The van der Waals surface area contributed by atoms with Crippen LogP contribution in [0.15, 0.2) is 59.5 Å². The number of aromatic nitrogens is 2. The summed E-state index contributed by atoms with van der Waals surface area (Å²) in [6, 6.07) is 14.7. The highest BCUT2D eigenvalue weighted by Gasteiger charge is 2.11. The van der Waals surface area contributed by atoms with E-state index in [2.05, 4.69) is 10.4 Å². The average Bonchev–Trinajstić information content (AvgIpc) is 2.69. The number of ether oxygens (including phenoxy) is 2. The number of methoxy groups -OCH3 is 2. The molecule has 0 aliphatic rings. The van der Waals surface area contributed by atoms with Crippen molar-refractivity contribution in [2.45, 2.75) is 6.54 Å². The number of anilines is 1. The molecule has 0 spiro atoms. The van der Waals surface area contributed by atoms with Crippen molar-refractivity contribution < 1.29 is 9.47 Å². The quantitative estimate of drug-likeness (QED) is 0.718. The van der Waals surface area contributed by atoms with Gasteiger partial charge in [0.15, 0.2) is 11.5 Å². The summed E-state index contributed by atoms with van der Waals surface area (Å²) >= 11 is 6.24. The summed E-state index contributed by atoms with van der Waals surface area (Å²) < 4.78 is 11.8. The zero-order valence-electron chi connectivity index (χ0n) is 14.4. The largest absolute Gasteiger partial charge is 0.493 e. The smallest absolute Gasteiger partial charge is 0.292 e. The van der Waals surface area contributed by atoms with Gasteiger partial charge in [0.05, 0.1) is 31.8 Å². The monoisotopic (exact) mass is 371 g/mol. The molecule has 26 heavy (non-hydrogen) atoms. The first kappa shape index (κ1) is 17.8. The lowest BCUT2D eigenvalue weighted by Gasteiger charge is -2.12. The van der Waals surface area contributed by atoms with E-state index in [1.807, 2.05) is 36.4 Å². The summed E-state index contributed by atoms with van der Waals surface area (Å²) in [5.41, 5.74) is 1.70. The molecule has 3 aromatic rings. The first-order valence-corrected chi connectivity index (χ1v) is 8.30. The number of hydrogen-bond donors (Lipinski definition) is 1. The molecule has 1 aromatic heterocycles. The topological polar surface area (TPSA) is 65.4 Å². The molecule has 0 bridgehead atoms. The lowest BCUT2D eigenvalue weighted by Crippen LogP contribution is -2.22. The van der Waals surface area contributed by atoms with Crippen molar-refractivity contribution in [2.75, 3.05) is 19.5 Å². The second-order valence-corrected chi connectivity index (χ2v) is 5.85. The van der Waals surface area contributed by atoms with Crippen molar-refractivity contribution >= 4 is 17.3 Å². The molecule has 1 heterocycles. The van der Waals surface area contributed by atoms with Gasteiger partial charge in [-0.05, 0) is 29.8 Å². The maximum absolute atomic E-state index is 12.5. The van der Waals surface area contributed by atoms with Crippen LogP contribution in [0.1, 0.15) is 5.56 Å². The summed E-state index contributed by atoms with van der Waals surface area (Å²) in [7, 11) is 3.17. The van der Waals surface area contributed by atoms with Crippen LogP contribution in [-0.4, -0.2) is 24.0 Å². The summed E-state index contributed by atoms with van der Waals surface area (Å²) in [5.74, 6) is 1.29. The van der Waals surface area contributed by atoms with Crippen LogP contribution in [0.25, 0.3) is 5.69 Å². The van der Waals surface area contributed by atoms with E-state index in [1.54, 1.807) is 26.4 Å². The molecule has 0 unspecified atom stereocenters. The maximum Gasteiger partial charge on any atom is 0.292 e. The standard InChI is InChI=1S/C19H18ClN3O3/c1-25-16-9-8-13(10-17(16)26-2)11-21-15-12-22-23(19(24)18(15)20)14-6-4-3-5-7-14/h3-10,12,21H,11H2,1-2H3. The minimum absolute atomic E-state index is 0.0873. The van der Waals surface area contributed by atoms with E-state index in [4.69, 9.17) is 21.1 Å². The second kappa shape index (κ2) is 7.93. The van der Waals surface area contributed by atoms with Crippen LogP contribution in [0.3, 0.4) is 0 Å². The van der Waals surface area contributed by atoms with Gasteiger partial charge in [0, 0.05) is 6.54 Å². The van der Waals surface area contributed by atoms with E-state index in [0.29, 0.717) is 29.4 Å². The number of hydrogen-bond acceptors (Lipinski definition) is 5. The van der Waals surface area contributed by atoms with Crippen molar-refractivity contribution in [1.29, 1.82) is 0 Å². The second-order valence-electron chi connectivity index (χ2n) is 5.47. The molecule has 0 saturated carbocycles. The van der Waals surface area contributed by atoms with E-state index in [1.165, 1.54) is 10.9 Å². The van der Waals surface area contributed by atoms with Crippen LogP contribution in [0.5, 0.6) is 11.5 Å². The van der Waals surface area contributed by atoms with Gasteiger partial charge in [-0.2, -0.15) is 9.78 Å². The van der Waals surface area contributed by atoms with E-state index in [9.17, 15) is 4.79 Å². The summed E-state index contributed by atoms with van der Waals surface area (Å²) in [5, 5.41) is 7.42. The first-order valence-electron chi connectivity index (χ1n) is 7.92. The SMILES string of the molecule is COc1ccc(CNc2cnn(-c3ccccc3)c(=O)c2Cl)cc1OC. The Labute approximate surface area is 155 Å². The molecule has 6 nitrogen and oxygen atoms in total. The fourth-order valence-corrected chi connectivity index (χ4v) is 2.69. The summed E-state index contributed by atoms with van der Waals surface area (Å²) in [6.07, 6.45) is 1.54. The molecule has 1 N–H and O–H groups in total. The van der Waals surface area contributed by atoms with Gasteiger partial charge in [-0.25, -0.2) is 0 Å². The van der Waals surface area contributed by atoms with Gasteiger partial charge < -0.3 is 14.8 Å². The fraction of sp³-hybridized carbons (Fsp3) is 0.158. The number of halogens is 1. The first-order chi connectivity index (χ1) is 12.6. The molecule has 0 aliphatic heterocycles. The van der Waals surface area contributed by atoms with E-state index < -0.39 is 0 Å². The van der Waals surface area contributed by atoms with Gasteiger partial charge in [-0.1, -0.05) is 35.9 Å². The highest BCUT2D eigenvalue weighted by molar-refractivity contribution is 6.32. The lowest BCUT2D eigenvalue weighted by atomic mass is 10.2. The van der Waals surface area contributed by atoms with Gasteiger partial charge in [-0.3, -0.25) is 4.79 Å². The predicted octanol–water partition coefficient (Wildman–Crippen LogP) is 3.52. The van der Waals surface area contributed by atoms with Gasteiger partial charge >= 0.3 is 0 Å². The van der Waals surface area contributed by atoms with Crippen LogP contribution >= 0.6 is 11.6 Å². The van der Waals surface area contributed by atoms with Gasteiger partial charge in [0.25, 0.3) is 5.56 Å². The van der Waals surface area contributed by atoms with Crippen molar-refractivity contribution in [3.05, 3.63) is 75.7 Å². The molecular formula is C19H18ClN3O3. The Morgan fingerprint density at radius 1 is 1.08 bits per heavy atom. The van der Waals surface area contributed by atoms with Crippen molar-refractivity contribution in [1.82, 2.24) is 9.78 Å². The van der Waals surface area contributed by atoms with Gasteiger partial charge in [-0.15, -0.1) is 0 Å². The Hall–Kier alpha value is -2.99. The Morgan fingerprint density at radius 2 is 1.81 bits per heavy atom.